The summed E-state index contributed by atoms with van der Waals surface area (Å²) in [5.41, 5.74) is -0.162. The molecule has 0 aromatic carbocycles. The number of fused-ring (bicyclic) bond motifs is 2. The van der Waals surface area contributed by atoms with E-state index in [9.17, 15) is 13.2 Å². The average molecular weight is 176 g/mol. The van der Waals surface area contributed by atoms with Crippen molar-refractivity contribution < 1.29 is 13.2 Å². The molecule has 0 aromatic rings. The van der Waals surface area contributed by atoms with E-state index in [1.807, 2.05) is 13.0 Å². The van der Waals surface area contributed by atoms with Crippen LogP contribution in [0, 0.1) is 17.3 Å². The molecule has 3 atom stereocenters. The van der Waals surface area contributed by atoms with Crippen LogP contribution in [0.15, 0.2) is 12.2 Å². The Kier molecular flexibility index (Phi) is 1.40. The van der Waals surface area contributed by atoms with Crippen molar-refractivity contribution in [3.63, 3.8) is 0 Å². The number of allylic oxidation sites excluding steroid dienone is 2. The Bertz CT molecular complexity index is 228. The van der Waals surface area contributed by atoms with Crippen molar-refractivity contribution in [2.24, 2.45) is 17.3 Å². The second-order valence-electron chi connectivity index (χ2n) is 4.23. The minimum Gasteiger partial charge on any atom is -0.171 e. The molecular weight excluding hydrogens is 165 g/mol. The van der Waals surface area contributed by atoms with Gasteiger partial charge in [0, 0.05) is 0 Å². The van der Waals surface area contributed by atoms with Crippen LogP contribution in [-0.4, -0.2) is 6.18 Å². The summed E-state index contributed by atoms with van der Waals surface area (Å²) in [7, 11) is 0. The fraction of sp³-hybridized carbons (Fsp3) is 0.778. The zero-order chi connectivity index (χ0) is 8.98. The van der Waals surface area contributed by atoms with E-state index >= 15 is 0 Å². The Hall–Kier alpha value is -0.470. The first kappa shape index (κ1) is 8.14. The van der Waals surface area contributed by atoms with Crippen LogP contribution in [0.1, 0.15) is 19.8 Å². The van der Waals surface area contributed by atoms with Gasteiger partial charge in [0.05, 0.1) is 5.92 Å². The highest BCUT2D eigenvalue weighted by atomic mass is 19.4. The minimum absolute atomic E-state index is 0.162. The molecule has 2 aliphatic carbocycles. The van der Waals surface area contributed by atoms with E-state index in [1.54, 1.807) is 6.08 Å². The first-order chi connectivity index (χ1) is 5.41. The molecule has 1 fully saturated rings. The molecule has 0 nitrogen and oxygen atoms in total. The summed E-state index contributed by atoms with van der Waals surface area (Å²) in [6, 6.07) is 0. The quantitative estimate of drug-likeness (QED) is 0.497. The second kappa shape index (κ2) is 2.06. The maximum absolute atomic E-state index is 12.4. The molecular formula is C9H11F3. The van der Waals surface area contributed by atoms with Crippen molar-refractivity contribution in [3.05, 3.63) is 12.2 Å². The smallest absolute Gasteiger partial charge is 0.171 e. The van der Waals surface area contributed by atoms with Crippen molar-refractivity contribution in [2.45, 2.75) is 25.9 Å². The van der Waals surface area contributed by atoms with Crippen LogP contribution in [0.2, 0.25) is 0 Å². The van der Waals surface area contributed by atoms with E-state index in [4.69, 9.17) is 0 Å². The van der Waals surface area contributed by atoms with Gasteiger partial charge in [-0.05, 0) is 24.2 Å². The lowest BCUT2D eigenvalue weighted by atomic mass is 9.86. The SMILES string of the molecule is CC12C=CC(C1)C(C(F)(F)F)C2. The molecule has 0 saturated heterocycles. The van der Waals surface area contributed by atoms with Crippen LogP contribution >= 0.6 is 0 Å². The van der Waals surface area contributed by atoms with Crippen LogP contribution in [0.3, 0.4) is 0 Å². The molecule has 0 spiro atoms. The zero-order valence-corrected chi connectivity index (χ0v) is 6.86. The number of hydrogen-bond donors (Lipinski definition) is 0. The van der Waals surface area contributed by atoms with Crippen LogP contribution in [-0.2, 0) is 0 Å². The van der Waals surface area contributed by atoms with Gasteiger partial charge in [-0.1, -0.05) is 19.1 Å². The fourth-order valence-corrected chi connectivity index (χ4v) is 2.47. The highest BCUT2D eigenvalue weighted by Crippen LogP contribution is 2.56. The number of alkyl halides is 3. The molecule has 0 aromatic heterocycles. The summed E-state index contributed by atoms with van der Waals surface area (Å²) in [4.78, 5) is 0. The van der Waals surface area contributed by atoms with E-state index in [1.165, 1.54) is 0 Å². The molecule has 0 amide bonds. The standard InChI is InChI=1S/C9H11F3/c1-8-3-2-6(4-8)7(5-8)9(10,11)12/h2-3,6-7H,4-5H2,1H3. The Morgan fingerprint density at radius 2 is 2.00 bits per heavy atom. The van der Waals surface area contributed by atoms with Gasteiger partial charge in [-0.3, -0.25) is 0 Å². The predicted molar refractivity (Wildman–Crippen MR) is 39.5 cm³/mol. The van der Waals surface area contributed by atoms with Crippen molar-refractivity contribution in [1.29, 1.82) is 0 Å². The summed E-state index contributed by atoms with van der Waals surface area (Å²) in [5, 5.41) is 0. The van der Waals surface area contributed by atoms with Crippen LogP contribution in [0.25, 0.3) is 0 Å². The molecule has 3 unspecified atom stereocenters. The molecule has 2 aliphatic rings. The third-order valence-electron chi connectivity index (χ3n) is 3.07. The van der Waals surface area contributed by atoms with Crippen molar-refractivity contribution in [2.75, 3.05) is 0 Å². The largest absolute Gasteiger partial charge is 0.392 e. The second-order valence-corrected chi connectivity index (χ2v) is 4.23. The van der Waals surface area contributed by atoms with Gasteiger partial charge in [-0.25, -0.2) is 0 Å². The summed E-state index contributed by atoms with van der Waals surface area (Å²) in [5.74, 6) is -1.32. The molecule has 68 valence electrons. The lowest BCUT2D eigenvalue weighted by molar-refractivity contribution is -0.181. The molecule has 12 heavy (non-hydrogen) atoms. The highest BCUT2D eigenvalue weighted by molar-refractivity contribution is 5.17. The van der Waals surface area contributed by atoms with E-state index in [0.29, 0.717) is 6.42 Å². The van der Waals surface area contributed by atoms with Crippen LogP contribution in [0.4, 0.5) is 13.2 Å². The summed E-state index contributed by atoms with van der Waals surface area (Å²) in [6.45, 7) is 1.91. The molecule has 3 heteroatoms. The highest BCUT2D eigenvalue weighted by Gasteiger charge is 2.54. The predicted octanol–water partition coefficient (Wildman–Crippen LogP) is 3.15. The normalized spacial score (nSPS) is 45.7. The lowest BCUT2D eigenvalue weighted by Gasteiger charge is -2.23. The fourth-order valence-electron chi connectivity index (χ4n) is 2.47. The average Bonchev–Trinajstić information content (AvgIpc) is 2.39. The van der Waals surface area contributed by atoms with Gasteiger partial charge in [0.25, 0.3) is 0 Å². The first-order valence-electron chi connectivity index (χ1n) is 4.17. The van der Waals surface area contributed by atoms with Gasteiger partial charge in [0.1, 0.15) is 0 Å². The molecule has 0 aliphatic heterocycles. The number of rotatable bonds is 0. The Morgan fingerprint density at radius 3 is 2.25 bits per heavy atom. The van der Waals surface area contributed by atoms with Gasteiger partial charge < -0.3 is 0 Å². The molecule has 0 heterocycles. The van der Waals surface area contributed by atoms with Gasteiger partial charge in [0.15, 0.2) is 0 Å². The first-order valence-corrected chi connectivity index (χ1v) is 4.17. The van der Waals surface area contributed by atoms with Crippen molar-refractivity contribution in [1.82, 2.24) is 0 Å². The van der Waals surface area contributed by atoms with Crippen molar-refractivity contribution >= 4 is 0 Å². The van der Waals surface area contributed by atoms with E-state index < -0.39 is 12.1 Å². The number of halogens is 3. The summed E-state index contributed by atoms with van der Waals surface area (Å²) in [6.07, 6.45) is 0.670. The summed E-state index contributed by atoms with van der Waals surface area (Å²) < 4.78 is 37.1. The topological polar surface area (TPSA) is 0 Å². The van der Waals surface area contributed by atoms with Crippen LogP contribution in [0.5, 0.6) is 0 Å². The van der Waals surface area contributed by atoms with Gasteiger partial charge in [0.2, 0.25) is 0 Å². The third-order valence-corrected chi connectivity index (χ3v) is 3.07. The third kappa shape index (κ3) is 1.06. The van der Waals surface area contributed by atoms with Gasteiger partial charge in [-0.2, -0.15) is 13.2 Å². The van der Waals surface area contributed by atoms with E-state index in [-0.39, 0.29) is 17.8 Å². The maximum Gasteiger partial charge on any atom is 0.392 e. The molecule has 2 rings (SSSR count). The van der Waals surface area contributed by atoms with Gasteiger partial charge in [-0.15, -0.1) is 0 Å². The Balaban J connectivity index is 2.21. The van der Waals surface area contributed by atoms with E-state index in [0.717, 1.165) is 0 Å². The van der Waals surface area contributed by atoms with Crippen LogP contribution < -0.4 is 0 Å². The van der Waals surface area contributed by atoms with Gasteiger partial charge >= 0.3 is 6.18 Å². The van der Waals surface area contributed by atoms with Crippen molar-refractivity contribution in [3.8, 4) is 0 Å². The maximum atomic E-state index is 12.4. The molecule has 2 bridgehead atoms. The zero-order valence-electron chi connectivity index (χ0n) is 6.86. The Labute approximate surface area is 69.5 Å². The monoisotopic (exact) mass is 176 g/mol. The summed E-state index contributed by atoms with van der Waals surface area (Å²) >= 11 is 0. The van der Waals surface area contributed by atoms with E-state index in [2.05, 4.69) is 0 Å². The number of hydrogen-bond acceptors (Lipinski definition) is 0. The molecule has 0 N–H and O–H groups in total. The minimum atomic E-state index is -3.99. The molecule has 0 radical (unpaired) electrons. The molecule has 1 saturated carbocycles. The lowest BCUT2D eigenvalue weighted by Crippen LogP contribution is -2.27. The Morgan fingerprint density at radius 1 is 1.33 bits per heavy atom.